The number of esters is 1. The Balaban J connectivity index is 3.06. The summed E-state index contributed by atoms with van der Waals surface area (Å²) in [5.41, 5.74) is 4.61. The Hall–Kier alpha value is -1.26. The second kappa shape index (κ2) is 4.60. The van der Waals surface area contributed by atoms with Gasteiger partial charge in [0, 0.05) is 6.92 Å². The third kappa shape index (κ3) is 6.74. The molecule has 58 valence electrons. The molecule has 0 aromatic rings. The number of amides is 1. The van der Waals surface area contributed by atoms with Crippen molar-refractivity contribution in [2.24, 2.45) is 5.73 Å². The average molecular weight is 147 g/mol. The van der Waals surface area contributed by atoms with Crippen LogP contribution in [0.4, 0.5) is 4.79 Å². The van der Waals surface area contributed by atoms with Gasteiger partial charge in [0.1, 0.15) is 13.2 Å². The van der Waals surface area contributed by atoms with E-state index in [-0.39, 0.29) is 13.2 Å². The number of hydrogen-bond acceptors (Lipinski definition) is 4. The summed E-state index contributed by atoms with van der Waals surface area (Å²) in [4.78, 5) is 20.0. The van der Waals surface area contributed by atoms with Crippen LogP contribution in [-0.4, -0.2) is 25.3 Å². The third-order valence-electron chi connectivity index (χ3n) is 0.633. The Morgan fingerprint density at radius 2 is 1.80 bits per heavy atom. The molecule has 0 spiro atoms. The van der Waals surface area contributed by atoms with Gasteiger partial charge >= 0.3 is 12.1 Å². The van der Waals surface area contributed by atoms with Crippen LogP contribution < -0.4 is 5.73 Å². The summed E-state index contributed by atoms with van der Waals surface area (Å²) in [7, 11) is 0. The lowest BCUT2D eigenvalue weighted by Crippen LogP contribution is -2.17. The maximum absolute atomic E-state index is 10.1. The Labute approximate surface area is 58.1 Å². The fourth-order valence-electron chi connectivity index (χ4n) is 0.328. The molecule has 0 aliphatic heterocycles. The highest BCUT2D eigenvalue weighted by atomic mass is 16.6. The Morgan fingerprint density at radius 1 is 1.30 bits per heavy atom. The van der Waals surface area contributed by atoms with Gasteiger partial charge in [-0.15, -0.1) is 0 Å². The van der Waals surface area contributed by atoms with E-state index in [1.54, 1.807) is 0 Å². The molecule has 10 heavy (non-hydrogen) atoms. The standard InChI is InChI=1S/C5H9NO4/c1-4(7)9-2-3-10-5(6)8/h2-3H2,1H3,(H2,6,8). The van der Waals surface area contributed by atoms with Crippen LogP contribution in [-0.2, 0) is 14.3 Å². The van der Waals surface area contributed by atoms with Gasteiger partial charge in [-0.2, -0.15) is 0 Å². The Morgan fingerprint density at radius 3 is 2.20 bits per heavy atom. The number of hydrogen-bond donors (Lipinski definition) is 1. The minimum atomic E-state index is -0.868. The molecular weight excluding hydrogens is 138 g/mol. The molecular formula is C5H9NO4. The van der Waals surface area contributed by atoms with Gasteiger partial charge in [-0.25, -0.2) is 4.79 Å². The molecule has 0 aliphatic carbocycles. The summed E-state index contributed by atoms with van der Waals surface area (Å²) in [5.74, 6) is -0.409. The molecule has 0 radical (unpaired) electrons. The van der Waals surface area contributed by atoms with E-state index in [1.807, 2.05) is 0 Å². The second-order valence-corrected chi connectivity index (χ2v) is 1.51. The van der Waals surface area contributed by atoms with Gasteiger partial charge in [0.25, 0.3) is 0 Å². The van der Waals surface area contributed by atoms with E-state index in [9.17, 15) is 9.59 Å². The molecule has 5 heteroatoms. The monoisotopic (exact) mass is 147 g/mol. The summed E-state index contributed by atoms with van der Waals surface area (Å²) < 4.78 is 8.67. The van der Waals surface area contributed by atoms with E-state index in [4.69, 9.17) is 0 Å². The zero-order valence-corrected chi connectivity index (χ0v) is 5.62. The van der Waals surface area contributed by atoms with Crippen molar-refractivity contribution < 1.29 is 19.1 Å². The molecule has 0 aromatic heterocycles. The molecule has 0 atom stereocenters. The van der Waals surface area contributed by atoms with Crippen molar-refractivity contribution in [3.8, 4) is 0 Å². The summed E-state index contributed by atoms with van der Waals surface area (Å²) in [6.07, 6.45) is -0.868. The Kier molecular flexibility index (Phi) is 4.02. The van der Waals surface area contributed by atoms with Crippen molar-refractivity contribution in [3.63, 3.8) is 0 Å². The predicted molar refractivity (Wildman–Crippen MR) is 32.2 cm³/mol. The molecule has 0 bridgehead atoms. The first-order valence-electron chi connectivity index (χ1n) is 2.68. The fourth-order valence-corrected chi connectivity index (χ4v) is 0.328. The smallest absolute Gasteiger partial charge is 0.404 e. The van der Waals surface area contributed by atoms with E-state index in [0.29, 0.717) is 0 Å². The zero-order chi connectivity index (χ0) is 7.98. The van der Waals surface area contributed by atoms with Crippen molar-refractivity contribution >= 4 is 12.1 Å². The first-order chi connectivity index (χ1) is 4.63. The molecule has 0 unspecified atom stereocenters. The van der Waals surface area contributed by atoms with Crippen LogP contribution in [0.15, 0.2) is 0 Å². The molecule has 1 amide bonds. The van der Waals surface area contributed by atoms with Crippen molar-refractivity contribution in [1.82, 2.24) is 0 Å². The van der Waals surface area contributed by atoms with Crippen molar-refractivity contribution in [2.75, 3.05) is 13.2 Å². The van der Waals surface area contributed by atoms with E-state index in [0.717, 1.165) is 0 Å². The highest BCUT2D eigenvalue weighted by molar-refractivity contribution is 5.66. The molecule has 0 fully saturated rings. The van der Waals surface area contributed by atoms with Gasteiger partial charge in [0.05, 0.1) is 0 Å². The van der Waals surface area contributed by atoms with Gasteiger partial charge < -0.3 is 15.2 Å². The topological polar surface area (TPSA) is 78.6 Å². The SMILES string of the molecule is CC(=O)OCCOC(N)=O. The number of primary amides is 1. The molecule has 0 heterocycles. The van der Waals surface area contributed by atoms with Gasteiger partial charge in [-0.3, -0.25) is 4.79 Å². The van der Waals surface area contributed by atoms with Crippen LogP contribution in [0.1, 0.15) is 6.92 Å². The van der Waals surface area contributed by atoms with Crippen molar-refractivity contribution in [1.29, 1.82) is 0 Å². The summed E-state index contributed by atoms with van der Waals surface area (Å²) >= 11 is 0. The lowest BCUT2D eigenvalue weighted by molar-refractivity contribution is -0.141. The predicted octanol–water partition coefficient (Wildman–Crippen LogP) is -0.355. The number of carbonyl (C=O) groups is 2. The van der Waals surface area contributed by atoms with Crippen LogP contribution in [0.2, 0.25) is 0 Å². The van der Waals surface area contributed by atoms with Crippen LogP contribution >= 0.6 is 0 Å². The van der Waals surface area contributed by atoms with Crippen LogP contribution in [0.25, 0.3) is 0 Å². The van der Waals surface area contributed by atoms with Crippen LogP contribution in [0, 0.1) is 0 Å². The average Bonchev–Trinajstić information content (AvgIpc) is 1.79. The maximum Gasteiger partial charge on any atom is 0.404 e. The molecule has 0 aliphatic rings. The molecule has 0 saturated carbocycles. The van der Waals surface area contributed by atoms with Crippen molar-refractivity contribution in [2.45, 2.75) is 6.92 Å². The Bertz CT molecular complexity index is 118. The first kappa shape index (κ1) is 8.74. The molecule has 0 saturated heterocycles. The summed E-state index contributed by atoms with van der Waals surface area (Å²) in [6, 6.07) is 0. The van der Waals surface area contributed by atoms with Gasteiger partial charge in [-0.1, -0.05) is 0 Å². The number of rotatable bonds is 3. The summed E-state index contributed by atoms with van der Waals surface area (Å²) in [6.45, 7) is 1.33. The van der Waals surface area contributed by atoms with Gasteiger partial charge in [0.2, 0.25) is 0 Å². The van der Waals surface area contributed by atoms with Crippen LogP contribution in [0.3, 0.4) is 0 Å². The molecule has 2 N–H and O–H groups in total. The second-order valence-electron chi connectivity index (χ2n) is 1.51. The number of carbonyl (C=O) groups excluding carboxylic acids is 2. The molecule has 0 aromatic carbocycles. The van der Waals surface area contributed by atoms with Gasteiger partial charge in [0.15, 0.2) is 0 Å². The van der Waals surface area contributed by atoms with E-state index in [2.05, 4.69) is 15.2 Å². The highest BCUT2D eigenvalue weighted by Crippen LogP contribution is 1.78. The molecule has 5 nitrogen and oxygen atoms in total. The minimum absolute atomic E-state index is 0.00884. The molecule has 0 rings (SSSR count). The largest absolute Gasteiger partial charge is 0.462 e. The van der Waals surface area contributed by atoms with Crippen LogP contribution in [0.5, 0.6) is 0 Å². The summed E-state index contributed by atoms with van der Waals surface area (Å²) in [5, 5.41) is 0. The normalized spacial score (nSPS) is 8.50. The van der Waals surface area contributed by atoms with E-state index in [1.165, 1.54) is 6.92 Å². The van der Waals surface area contributed by atoms with E-state index >= 15 is 0 Å². The minimum Gasteiger partial charge on any atom is -0.462 e. The van der Waals surface area contributed by atoms with Gasteiger partial charge in [-0.05, 0) is 0 Å². The highest BCUT2D eigenvalue weighted by Gasteiger charge is 1.94. The lowest BCUT2D eigenvalue weighted by atomic mass is 10.7. The number of nitrogens with two attached hydrogens (primary N) is 1. The first-order valence-corrected chi connectivity index (χ1v) is 2.68. The zero-order valence-electron chi connectivity index (χ0n) is 5.62. The van der Waals surface area contributed by atoms with E-state index < -0.39 is 12.1 Å². The third-order valence-corrected chi connectivity index (χ3v) is 0.633. The van der Waals surface area contributed by atoms with Crippen molar-refractivity contribution in [3.05, 3.63) is 0 Å². The quantitative estimate of drug-likeness (QED) is 0.437. The fraction of sp³-hybridized carbons (Fsp3) is 0.600. The lowest BCUT2D eigenvalue weighted by Gasteiger charge is -2.00. The number of ether oxygens (including phenoxy) is 2. The maximum atomic E-state index is 10.1.